The molecule has 0 unspecified atom stereocenters. The Morgan fingerprint density at radius 3 is 1.06 bits per heavy atom. The summed E-state index contributed by atoms with van der Waals surface area (Å²) in [5, 5.41) is 0. The largest absolute Gasteiger partial charge is 0.0645 e. The van der Waals surface area contributed by atoms with E-state index in [2.05, 4.69) is 126 Å². The van der Waals surface area contributed by atoms with Gasteiger partial charge in [-0.15, -0.1) is 0 Å². The summed E-state index contributed by atoms with van der Waals surface area (Å²) in [4.78, 5) is 0. The third-order valence-corrected chi connectivity index (χ3v) is 6.61. The molecule has 172 valence electrons. The Morgan fingerprint density at radius 2 is 0.839 bits per heavy atom. The van der Waals surface area contributed by atoms with Crippen LogP contribution >= 0.6 is 0 Å². The first-order valence-electron chi connectivity index (χ1n) is 12.2. The SMILES string of the molecule is CCC(c1cc(C(C)(C)C)ccc1C(C)(C)C)c1cc(C(C)(C)C)ccc1C(C)(C)C. The second-order valence-electron chi connectivity index (χ2n) is 13.6. The smallest absolute Gasteiger partial charge is 0.00928 e. The Balaban J connectivity index is 2.89. The third-order valence-electron chi connectivity index (χ3n) is 6.61. The molecule has 0 heteroatoms. The van der Waals surface area contributed by atoms with Crippen molar-refractivity contribution in [3.63, 3.8) is 0 Å². The van der Waals surface area contributed by atoms with E-state index < -0.39 is 0 Å². The number of benzene rings is 2. The molecule has 2 rings (SSSR count). The highest BCUT2D eigenvalue weighted by Crippen LogP contribution is 2.43. The van der Waals surface area contributed by atoms with Crippen molar-refractivity contribution < 1.29 is 0 Å². The van der Waals surface area contributed by atoms with Crippen LogP contribution < -0.4 is 0 Å². The van der Waals surface area contributed by atoms with E-state index in [0.717, 1.165) is 6.42 Å². The summed E-state index contributed by atoms with van der Waals surface area (Å²) in [5.41, 5.74) is 9.36. The van der Waals surface area contributed by atoms with Crippen LogP contribution in [0.25, 0.3) is 0 Å². The van der Waals surface area contributed by atoms with E-state index in [4.69, 9.17) is 0 Å². The lowest BCUT2D eigenvalue weighted by molar-refractivity contribution is 0.549. The van der Waals surface area contributed by atoms with Gasteiger partial charge >= 0.3 is 0 Å². The van der Waals surface area contributed by atoms with Crippen molar-refractivity contribution in [3.05, 3.63) is 69.8 Å². The molecular weight excluding hydrogens is 372 g/mol. The fourth-order valence-corrected chi connectivity index (χ4v) is 4.61. The molecule has 0 saturated heterocycles. The van der Waals surface area contributed by atoms with Gasteiger partial charge in [-0.2, -0.15) is 0 Å². The molecule has 0 aromatic heterocycles. The second-order valence-corrected chi connectivity index (χ2v) is 13.6. The summed E-state index contributed by atoms with van der Waals surface area (Å²) in [5.74, 6) is 0.396. The topological polar surface area (TPSA) is 0 Å². The summed E-state index contributed by atoms with van der Waals surface area (Å²) in [6.45, 7) is 30.4. The third kappa shape index (κ3) is 5.82. The van der Waals surface area contributed by atoms with Gasteiger partial charge in [-0.3, -0.25) is 0 Å². The minimum Gasteiger partial charge on any atom is -0.0645 e. The standard InChI is InChI=1S/C31H48/c1-14-23(24-19-21(28(2,3)4)15-17-26(24)30(8,9)10)25-20-22(29(5,6)7)16-18-27(25)31(11,12)13/h15-20,23H,14H2,1-13H3. The molecule has 0 nitrogen and oxygen atoms in total. The molecule has 0 atom stereocenters. The van der Waals surface area contributed by atoms with Crippen LogP contribution in [-0.2, 0) is 21.7 Å². The highest BCUT2D eigenvalue weighted by atomic mass is 14.3. The molecule has 0 aliphatic heterocycles. The van der Waals surface area contributed by atoms with Gasteiger partial charge in [0.25, 0.3) is 0 Å². The number of hydrogen-bond donors (Lipinski definition) is 0. The van der Waals surface area contributed by atoms with Crippen LogP contribution in [0.2, 0.25) is 0 Å². The van der Waals surface area contributed by atoms with Crippen LogP contribution in [-0.4, -0.2) is 0 Å². The van der Waals surface area contributed by atoms with Crippen molar-refractivity contribution in [2.45, 2.75) is 124 Å². The van der Waals surface area contributed by atoms with Crippen LogP contribution in [0.3, 0.4) is 0 Å². The molecule has 0 heterocycles. The molecule has 2 aromatic rings. The minimum absolute atomic E-state index is 0.114. The number of hydrogen-bond acceptors (Lipinski definition) is 0. The first-order chi connectivity index (χ1) is 13.9. The fraction of sp³-hybridized carbons (Fsp3) is 0.613. The Labute approximate surface area is 193 Å². The van der Waals surface area contributed by atoms with Gasteiger partial charge in [-0.1, -0.05) is 126 Å². The van der Waals surface area contributed by atoms with Crippen molar-refractivity contribution >= 4 is 0 Å². The molecule has 0 N–H and O–H groups in total. The molecule has 0 aliphatic rings. The predicted octanol–water partition coefficient (Wildman–Crippen LogP) is 9.42. The van der Waals surface area contributed by atoms with Gasteiger partial charge in [0, 0.05) is 5.92 Å². The van der Waals surface area contributed by atoms with Crippen molar-refractivity contribution in [2.24, 2.45) is 0 Å². The van der Waals surface area contributed by atoms with E-state index in [1.807, 2.05) is 0 Å². The highest BCUT2D eigenvalue weighted by molar-refractivity contribution is 5.49. The molecule has 2 aromatic carbocycles. The lowest BCUT2D eigenvalue weighted by atomic mass is 9.70. The van der Waals surface area contributed by atoms with E-state index in [1.54, 1.807) is 0 Å². The Bertz CT molecular complexity index is 824. The fourth-order valence-electron chi connectivity index (χ4n) is 4.61. The molecule has 31 heavy (non-hydrogen) atoms. The summed E-state index contributed by atoms with van der Waals surface area (Å²) in [6, 6.07) is 14.6. The minimum atomic E-state index is 0.114. The molecule has 0 radical (unpaired) electrons. The maximum atomic E-state index is 2.52. The highest BCUT2D eigenvalue weighted by Gasteiger charge is 2.30. The summed E-state index contributed by atoms with van der Waals surface area (Å²) in [7, 11) is 0. The second kappa shape index (κ2) is 8.42. The van der Waals surface area contributed by atoms with Crippen LogP contribution in [0.15, 0.2) is 36.4 Å². The van der Waals surface area contributed by atoms with Gasteiger partial charge in [0.1, 0.15) is 0 Å². The van der Waals surface area contributed by atoms with E-state index in [-0.39, 0.29) is 21.7 Å². The average molecular weight is 421 g/mol. The molecule has 0 spiro atoms. The van der Waals surface area contributed by atoms with Crippen molar-refractivity contribution in [1.82, 2.24) is 0 Å². The average Bonchev–Trinajstić information content (AvgIpc) is 2.59. The van der Waals surface area contributed by atoms with Gasteiger partial charge in [0.15, 0.2) is 0 Å². The van der Waals surface area contributed by atoms with E-state index in [1.165, 1.54) is 33.4 Å². The first-order valence-corrected chi connectivity index (χ1v) is 12.2. The van der Waals surface area contributed by atoms with Crippen molar-refractivity contribution in [2.75, 3.05) is 0 Å². The van der Waals surface area contributed by atoms with Crippen LogP contribution in [0, 0.1) is 0 Å². The Hall–Kier alpha value is -1.56. The Morgan fingerprint density at radius 1 is 0.516 bits per heavy atom. The number of rotatable bonds is 3. The predicted molar refractivity (Wildman–Crippen MR) is 140 cm³/mol. The maximum absolute atomic E-state index is 2.52. The summed E-state index contributed by atoms with van der Waals surface area (Å²) < 4.78 is 0. The monoisotopic (exact) mass is 420 g/mol. The maximum Gasteiger partial charge on any atom is 0.00928 e. The van der Waals surface area contributed by atoms with Crippen LogP contribution in [0.4, 0.5) is 0 Å². The molecule has 0 aliphatic carbocycles. The van der Waals surface area contributed by atoms with Crippen molar-refractivity contribution in [1.29, 1.82) is 0 Å². The lowest BCUT2D eigenvalue weighted by Crippen LogP contribution is -2.22. The van der Waals surface area contributed by atoms with Crippen LogP contribution in [0.1, 0.15) is 136 Å². The molecular formula is C31H48. The zero-order valence-electron chi connectivity index (χ0n) is 22.7. The Kier molecular flexibility index (Phi) is 6.98. The molecule has 0 fully saturated rings. The van der Waals surface area contributed by atoms with E-state index in [9.17, 15) is 0 Å². The lowest BCUT2D eigenvalue weighted by Gasteiger charge is -2.34. The zero-order valence-corrected chi connectivity index (χ0v) is 22.7. The normalized spacial score (nSPS) is 13.7. The quantitative estimate of drug-likeness (QED) is 0.464. The van der Waals surface area contributed by atoms with Crippen molar-refractivity contribution in [3.8, 4) is 0 Å². The molecule has 0 saturated carbocycles. The summed E-state index contributed by atoms with van der Waals surface area (Å²) in [6.07, 6.45) is 1.10. The van der Waals surface area contributed by atoms with E-state index in [0.29, 0.717) is 5.92 Å². The summed E-state index contributed by atoms with van der Waals surface area (Å²) >= 11 is 0. The molecule has 0 amide bonds. The van der Waals surface area contributed by atoms with Gasteiger partial charge in [-0.25, -0.2) is 0 Å². The van der Waals surface area contributed by atoms with Gasteiger partial charge in [0.2, 0.25) is 0 Å². The van der Waals surface area contributed by atoms with E-state index >= 15 is 0 Å². The van der Waals surface area contributed by atoms with Crippen LogP contribution in [0.5, 0.6) is 0 Å². The van der Waals surface area contributed by atoms with Gasteiger partial charge in [-0.05, 0) is 61.5 Å². The zero-order chi connectivity index (χ0) is 24.0. The first kappa shape index (κ1) is 25.7. The molecule has 0 bridgehead atoms. The van der Waals surface area contributed by atoms with Gasteiger partial charge in [0.05, 0.1) is 0 Å². The van der Waals surface area contributed by atoms with Gasteiger partial charge < -0.3 is 0 Å².